The second-order valence-corrected chi connectivity index (χ2v) is 6.14. The topological polar surface area (TPSA) is 58.6 Å². The Morgan fingerprint density at radius 2 is 1.87 bits per heavy atom. The lowest BCUT2D eigenvalue weighted by molar-refractivity contribution is -0.0882. The van der Waals surface area contributed by atoms with E-state index in [0.717, 1.165) is 32.1 Å². The summed E-state index contributed by atoms with van der Waals surface area (Å²) in [5, 5.41) is 2.65. The van der Waals surface area contributed by atoms with Crippen molar-refractivity contribution in [3.63, 3.8) is 0 Å². The van der Waals surface area contributed by atoms with Crippen LogP contribution in [0.3, 0.4) is 0 Å². The van der Waals surface area contributed by atoms with E-state index in [1.54, 1.807) is 0 Å². The van der Waals surface area contributed by atoms with E-state index < -0.39 is 22.7 Å². The van der Waals surface area contributed by atoms with Crippen LogP contribution in [0.5, 0.6) is 0 Å². The number of alkyl halides is 3. The molecule has 1 N–H and O–H groups in total. The zero-order valence-electron chi connectivity index (χ0n) is 12.3. The summed E-state index contributed by atoms with van der Waals surface area (Å²) in [6.45, 7) is 4.39. The smallest absolute Gasteiger partial charge is 0.379 e. The standard InChI is InChI=1S/C14H17F3N2O3S/c15-14(16,17)12(20)10-2-3-11(23-10)13(21)18-4-1-5-19-6-8-22-9-7-19/h2-3H,1,4-9H2,(H,18,21). The van der Waals surface area contributed by atoms with E-state index in [0.29, 0.717) is 31.1 Å². The molecule has 0 bridgehead atoms. The highest BCUT2D eigenvalue weighted by atomic mass is 32.1. The minimum atomic E-state index is -4.92. The Morgan fingerprint density at radius 3 is 2.52 bits per heavy atom. The summed E-state index contributed by atoms with van der Waals surface area (Å²) < 4.78 is 42.2. The SMILES string of the molecule is O=C(NCCCN1CCOCC1)c1ccc(C(=O)C(F)(F)F)s1. The zero-order chi connectivity index (χ0) is 16.9. The number of carbonyl (C=O) groups excluding carboxylic acids is 2. The number of ether oxygens (including phenoxy) is 1. The maximum absolute atomic E-state index is 12.3. The number of nitrogens with one attached hydrogen (secondary N) is 1. The van der Waals surface area contributed by atoms with Crippen molar-refractivity contribution in [2.24, 2.45) is 0 Å². The molecule has 0 radical (unpaired) electrons. The van der Waals surface area contributed by atoms with E-state index in [9.17, 15) is 22.8 Å². The summed E-state index contributed by atoms with van der Waals surface area (Å²) in [7, 11) is 0. The predicted octanol–water partition coefficient (Wildman–Crippen LogP) is 1.95. The zero-order valence-corrected chi connectivity index (χ0v) is 13.1. The molecule has 2 rings (SSSR count). The number of carbonyl (C=O) groups is 2. The number of nitrogens with zero attached hydrogens (tertiary/aromatic N) is 1. The molecule has 0 aromatic carbocycles. The molecule has 23 heavy (non-hydrogen) atoms. The van der Waals surface area contributed by atoms with Gasteiger partial charge in [-0.05, 0) is 25.1 Å². The first-order valence-corrected chi connectivity index (χ1v) is 7.99. The molecule has 2 heterocycles. The van der Waals surface area contributed by atoms with Crippen molar-refractivity contribution in [1.29, 1.82) is 0 Å². The molecular formula is C14H17F3N2O3S. The highest BCUT2D eigenvalue weighted by Crippen LogP contribution is 2.26. The Hall–Kier alpha value is -1.45. The Morgan fingerprint density at radius 1 is 1.22 bits per heavy atom. The van der Waals surface area contributed by atoms with E-state index in [2.05, 4.69) is 10.2 Å². The number of halogens is 3. The van der Waals surface area contributed by atoms with Gasteiger partial charge in [0.25, 0.3) is 11.7 Å². The van der Waals surface area contributed by atoms with Crippen LogP contribution in [-0.4, -0.2) is 62.2 Å². The number of Topliss-reactive ketones (excluding diaryl/α,β-unsaturated/α-hetero) is 1. The number of hydrogen-bond acceptors (Lipinski definition) is 5. The fourth-order valence-corrected chi connectivity index (χ4v) is 3.02. The lowest BCUT2D eigenvalue weighted by atomic mass is 10.3. The molecule has 0 unspecified atom stereocenters. The molecule has 1 aliphatic rings. The summed E-state index contributed by atoms with van der Waals surface area (Å²) in [5.74, 6) is -2.38. The maximum atomic E-state index is 12.3. The van der Waals surface area contributed by atoms with Gasteiger partial charge in [0.15, 0.2) is 0 Å². The fourth-order valence-electron chi connectivity index (χ4n) is 2.14. The first kappa shape index (κ1) is 17.9. The summed E-state index contributed by atoms with van der Waals surface area (Å²) in [6.07, 6.45) is -4.18. The molecule has 5 nitrogen and oxygen atoms in total. The average Bonchev–Trinajstić information content (AvgIpc) is 3.00. The molecule has 1 aromatic rings. The molecule has 1 fully saturated rings. The van der Waals surface area contributed by atoms with Crippen LogP contribution in [0.1, 0.15) is 25.8 Å². The van der Waals surface area contributed by atoms with Crippen LogP contribution in [0, 0.1) is 0 Å². The van der Waals surface area contributed by atoms with Gasteiger partial charge in [0, 0.05) is 19.6 Å². The van der Waals surface area contributed by atoms with Crippen LogP contribution < -0.4 is 5.32 Å². The molecule has 1 amide bonds. The lowest BCUT2D eigenvalue weighted by Crippen LogP contribution is -2.38. The third-order valence-corrected chi connectivity index (χ3v) is 4.43. The van der Waals surface area contributed by atoms with E-state index in [-0.39, 0.29) is 4.88 Å². The molecule has 0 saturated carbocycles. The minimum Gasteiger partial charge on any atom is -0.379 e. The molecular weight excluding hydrogens is 333 g/mol. The van der Waals surface area contributed by atoms with Crippen molar-refractivity contribution < 1.29 is 27.5 Å². The largest absolute Gasteiger partial charge is 0.455 e. The molecule has 128 valence electrons. The minimum absolute atomic E-state index is 0.101. The monoisotopic (exact) mass is 350 g/mol. The van der Waals surface area contributed by atoms with Crippen molar-refractivity contribution in [2.75, 3.05) is 39.4 Å². The molecule has 0 spiro atoms. The third kappa shape index (κ3) is 5.29. The molecule has 9 heteroatoms. The van der Waals surface area contributed by atoms with E-state index in [1.807, 2.05) is 0 Å². The van der Waals surface area contributed by atoms with Gasteiger partial charge in [-0.2, -0.15) is 13.2 Å². The summed E-state index contributed by atoms with van der Waals surface area (Å²) in [5.41, 5.74) is 0. The van der Waals surface area contributed by atoms with Crippen LogP contribution in [0.2, 0.25) is 0 Å². The van der Waals surface area contributed by atoms with Crippen molar-refractivity contribution in [3.05, 3.63) is 21.9 Å². The second kappa shape index (κ2) is 7.89. The highest BCUT2D eigenvalue weighted by Gasteiger charge is 2.40. The number of hydrogen-bond donors (Lipinski definition) is 1. The van der Waals surface area contributed by atoms with Crippen molar-refractivity contribution in [1.82, 2.24) is 10.2 Å². The van der Waals surface area contributed by atoms with Crippen molar-refractivity contribution >= 4 is 23.0 Å². The Kier molecular flexibility index (Phi) is 6.14. The van der Waals surface area contributed by atoms with Gasteiger partial charge in [-0.3, -0.25) is 14.5 Å². The van der Waals surface area contributed by atoms with Crippen LogP contribution in [0.15, 0.2) is 12.1 Å². The highest BCUT2D eigenvalue weighted by molar-refractivity contribution is 7.16. The molecule has 1 aromatic heterocycles. The van der Waals surface area contributed by atoms with Gasteiger partial charge in [0.05, 0.1) is 23.0 Å². The van der Waals surface area contributed by atoms with Crippen LogP contribution in [0.4, 0.5) is 13.2 Å². The van der Waals surface area contributed by atoms with E-state index >= 15 is 0 Å². The number of morpholine rings is 1. The summed E-state index contributed by atoms with van der Waals surface area (Å²) >= 11 is 0.554. The second-order valence-electron chi connectivity index (χ2n) is 5.05. The Bertz CT molecular complexity index is 554. The molecule has 1 aliphatic heterocycles. The van der Waals surface area contributed by atoms with Crippen LogP contribution >= 0.6 is 11.3 Å². The maximum Gasteiger partial charge on any atom is 0.455 e. The summed E-state index contributed by atoms with van der Waals surface area (Å²) in [4.78, 5) is 24.8. The van der Waals surface area contributed by atoms with Gasteiger partial charge in [-0.25, -0.2) is 0 Å². The van der Waals surface area contributed by atoms with Gasteiger partial charge in [-0.1, -0.05) is 0 Å². The fraction of sp³-hybridized carbons (Fsp3) is 0.571. The number of amides is 1. The predicted molar refractivity (Wildman–Crippen MR) is 78.9 cm³/mol. The van der Waals surface area contributed by atoms with Gasteiger partial charge < -0.3 is 10.1 Å². The first-order valence-electron chi connectivity index (χ1n) is 7.17. The Balaban J connectivity index is 1.75. The van der Waals surface area contributed by atoms with E-state index in [1.165, 1.54) is 6.07 Å². The normalized spacial score (nSPS) is 16.3. The van der Waals surface area contributed by atoms with Crippen LogP contribution in [-0.2, 0) is 4.74 Å². The average molecular weight is 350 g/mol. The van der Waals surface area contributed by atoms with Crippen molar-refractivity contribution in [2.45, 2.75) is 12.6 Å². The lowest BCUT2D eigenvalue weighted by Gasteiger charge is -2.26. The van der Waals surface area contributed by atoms with Gasteiger partial charge in [-0.15, -0.1) is 11.3 Å². The quantitative estimate of drug-likeness (QED) is 0.629. The molecule has 0 atom stereocenters. The molecule has 1 saturated heterocycles. The van der Waals surface area contributed by atoms with Gasteiger partial charge in [0.1, 0.15) is 0 Å². The Labute approximate surface area is 135 Å². The molecule has 0 aliphatic carbocycles. The third-order valence-electron chi connectivity index (χ3n) is 3.35. The first-order chi connectivity index (χ1) is 10.9. The van der Waals surface area contributed by atoms with Gasteiger partial charge >= 0.3 is 6.18 Å². The van der Waals surface area contributed by atoms with Gasteiger partial charge in [0.2, 0.25) is 0 Å². The van der Waals surface area contributed by atoms with Crippen molar-refractivity contribution in [3.8, 4) is 0 Å². The number of rotatable bonds is 6. The van der Waals surface area contributed by atoms with Crippen LogP contribution in [0.25, 0.3) is 0 Å². The van der Waals surface area contributed by atoms with E-state index in [4.69, 9.17) is 4.74 Å². The number of thiophene rings is 1. The number of ketones is 1. The summed E-state index contributed by atoms with van der Waals surface area (Å²) in [6, 6.07) is 2.27.